The number of aryl methyl sites for hydroxylation is 1. The molecule has 6 heteroatoms. The van der Waals surface area contributed by atoms with Crippen LogP contribution in [0.5, 0.6) is 0 Å². The summed E-state index contributed by atoms with van der Waals surface area (Å²) in [7, 11) is 0. The lowest BCUT2D eigenvalue weighted by Crippen LogP contribution is -2.59. The summed E-state index contributed by atoms with van der Waals surface area (Å²) in [4.78, 5) is 19.5. The Labute approximate surface area is 156 Å². The third kappa shape index (κ3) is 2.03. The van der Waals surface area contributed by atoms with Crippen LogP contribution >= 0.6 is 11.3 Å². The van der Waals surface area contributed by atoms with E-state index >= 15 is 0 Å². The number of thiophene rings is 1. The van der Waals surface area contributed by atoms with E-state index in [2.05, 4.69) is 22.1 Å². The average molecular weight is 363 g/mol. The van der Waals surface area contributed by atoms with Gasteiger partial charge in [0.05, 0.1) is 5.39 Å². The van der Waals surface area contributed by atoms with E-state index in [0.29, 0.717) is 18.0 Å². The van der Waals surface area contributed by atoms with Crippen molar-refractivity contribution >= 4 is 27.4 Å². The molecule has 3 aliphatic rings. The second-order valence-corrected chi connectivity index (χ2v) is 8.84. The number of aromatic nitrogens is 3. The first-order valence-electron chi connectivity index (χ1n) is 9.53. The van der Waals surface area contributed by atoms with Crippen LogP contribution in [-0.2, 0) is 6.42 Å². The number of rotatable bonds is 1. The maximum atomic E-state index is 5.09. The average Bonchev–Trinajstić information content (AvgIpc) is 3.06. The smallest absolute Gasteiger partial charge is 0.163 e. The van der Waals surface area contributed by atoms with E-state index in [1.165, 1.54) is 29.5 Å². The topological polar surface area (TPSA) is 53.9 Å². The van der Waals surface area contributed by atoms with Gasteiger partial charge in [0.2, 0.25) is 0 Å². The molecule has 5 heterocycles. The summed E-state index contributed by atoms with van der Waals surface area (Å²) >= 11 is 1.90. The van der Waals surface area contributed by atoms with Gasteiger partial charge in [0.15, 0.2) is 5.82 Å². The first kappa shape index (κ1) is 15.1. The van der Waals surface area contributed by atoms with Crippen LogP contribution in [0.25, 0.3) is 21.6 Å². The first-order chi connectivity index (χ1) is 12.8. The quantitative estimate of drug-likeness (QED) is 0.718. The predicted molar refractivity (Wildman–Crippen MR) is 105 cm³/mol. The Hall–Kier alpha value is -2.05. The highest BCUT2D eigenvalue weighted by Crippen LogP contribution is 2.51. The lowest BCUT2D eigenvalue weighted by atomic mass is 9.77. The molecule has 1 N–H and O–H groups in total. The van der Waals surface area contributed by atoms with Gasteiger partial charge in [-0.05, 0) is 43.9 Å². The van der Waals surface area contributed by atoms with Gasteiger partial charge in [-0.3, -0.25) is 4.98 Å². The van der Waals surface area contributed by atoms with Gasteiger partial charge in [-0.1, -0.05) is 0 Å². The molecule has 0 saturated carbocycles. The fourth-order valence-electron chi connectivity index (χ4n) is 5.01. The van der Waals surface area contributed by atoms with Crippen LogP contribution in [0.15, 0.2) is 24.5 Å². The highest BCUT2D eigenvalue weighted by atomic mass is 32.1. The highest BCUT2D eigenvalue weighted by Gasteiger charge is 2.43. The minimum absolute atomic E-state index is 0.490. The van der Waals surface area contributed by atoms with Crippen molar-refractivity contribution in [3.63, 3.8) is 0 Å². The molecular formula is C20H21N5S. The summed E-state index contributed by atoms with van der Waals surface area (Å²) in [5.74, 6) is 2.63. The molecule has 26 heavy (non-hydrogen) atoms. The third-order valence-electron chi connectivity index (χ3n) is 6.16. The number of pyridine rings is 1. The molecule has 5 nitrogen and oxygen atoms in total. The summed E-state index contributed by atoms with van der Waals surface area (Å²) in [6.45, 7) is 4.35. The van der Waals surface area contributed by atoms with Crippen molar-refractivity contribution in [3.8, 4) is 11.4 Å². The standard InChI is InChI=1S/C20H21N5S/c1-11-10-25-14(9-22-11)13-3-2-4-15-16(13)17-19(25)23-18(24-20(17)26-15)12-5-7-21-8-6-12/h5-8,11,13-14,22H,2-4,9-10H2,1H3/t11?,13-,14?/m1/s1. The second-order valence-electron chi connectivity index (χ2n) is 7.75. The normalized spacial score (nSPS) is 26.8. The van der Waals surface area contributed by atoms with Crippen LogP contribution in [0.3, 0.4) is 0 Å². The number of fused-ring (bicyclic) bond motifs is 3. The molecule has 1 aliphatic carbocycles. The third-order valence-corrected chi connectivity index (χ3v) is 7.32. The Morgan fingerprint density at radius 3 is 3.00 bits per heavy atom. The van der Waals surface area contributed by atoms with Gasteiger partial charge in [0.1, 0.15) is 10.6 Å². The fraction of sp³-hybridized carbons (Fsp3) is 0.450. The molecule has 132 valence electrons. The van der Waals surface area contributed by atoms with Crippen LogP contribution in [0.2, 0.25) is 0 Å². The molecule has 2 aliphatic heterocycles. The van der Waals surface area contributed by atoms with E-state index < -0.39 is 0 Å². The summed E-state index contributed by atoms with van der Waals surface area (Å²) in [6, 6.07) is 5.02. The minimum Gasteiger partial charge on any atom is -0.350 e. The van der Waals surface area contributed by atoms with Crippen LogP contribution in [0, 0.1) is 0 Å². The predicted octanol–water partition coefficient (Wildman–Crippen LogP) is 3.35. The van der Waals surface area contributed by atoms with Crippen molar-refractivity contribution in [1.29, 1.82) is 0 Å². The van der Waals surface area contributed by atoms with Gasteiger partial charge in [0.25, 0.3) is 0 Å². The molecule has 6 rings (SSSR count). The number of hydrogen-bond acceptors (Lipinski definition) is 6. The van der Waals surface area contributed by atoms with Gasteiger partial charge >= 0.3 is 0 Å². The number of hydrogen-bond donors (Lipinski definition) is 1. The van der Waals surface area contributed by atoms with E-state index in [-0.39, 0.29) is 0 Å². The van der Waals surface area contributed by atoms with E-state index in [9.17, 15) is 0 Å². The Kier molecular flexibility index (Phi) is 3.17. The van der Waals surface area contributed by atoms with Gasteiger partial charge in [-0.2, -0.15) is 0 Å². The molecule has 2 unspecified atom stereocenters. The summed E-state index contributed by atoms with van der Waals surface area (Å²) in [6.07, 6.45) is 7.43. The minimum atomic E-state index is 0.490. The SMILES string of the molecule is CC1CN2c3nc(-c4ccncc4)nc4sc5c(c34)[C@H](CCC5)C2CN1. The Morgan fingerprint density at radius 1 is 1.23 bits per heavy atom. The van der Waals surface area contributed by atoms with Crippen molar-refractivity contribution in [3.05, 3.63) is 35.0 Å². The fourth-order valence-corrected chi connectivity index (χ4v) is 6.29. The van der Waals surface area contributed by atoms with Crippen LogP contribution in [0.4, 0.5) is 5.82 Å². The maximum absolute atomic E-state index is 5.09. The summed E-state index contributed by atoms with van der Waals surface area (Å²) in [5.41, 5.74) is 2.62. The molecule has 0 spiro atoms. The van der Waals surface area contributed by atoms with Crippen molar-refractivity contribution in [1.82, 2.24) is 20.3 Å². The van der Waals surface area contributed by atoms with Crippen molar-refractivity contribution < 1.29 is 0 Å². The van der Waals surface area contributed by atoms with Crippen LogP contribution < -0.4 is 10.2 Å². The van der Waals surface area contributed by atoms with Gasteiger partial charge in [0, 0.05) is 53.9 Å². The van der Waals surface area contributed by atoms with Crippen LogP contribution in [-0.4, -0.2) is 40.1 Å². The van der Waals surface area contributed by atoms with E-state index in [1.807, 2.05) is 35.9 Å². The van der Waals surface area contributed by atoms with Gasteiger partial charge in [-0.15, -0.1) is 11.3 Å². The number of piperazine rings is 1. The lowest BCUT2D eigenvalue weighted by Gasteiger charge is -2.48. The van der Waals surface area contributed by atoms with E-state index in [1.54, 1.807) is 10.4 Å². The van der Waals surface area contributed by atoms with E-state index in [0.717, 1.165) is 30.3 Å². The first-order valence-corrected chi connectivity index (χ1v) is 10.3. The Balaban J connectivity index is 1.64. The molecular weight excluding hydrogens is 342 g/mol. The molecule has 1 saturated heterocycles. The number of nitrogens with zero attached hydrogens (tertiary/aromatic N) is 4. The molecule has 3 aromatic heterocycles. The molecule has 0 radical (unpaired) electrons. The molecule has 1 fully saturated rings. The van der Waals surface area contributed by atoms with Crippen molar-refractivity contribution in [2.24, 2.45) is 0 Å². The summed E-state index contributed by atoms with van der Waals surface area (Å²) < 4.78 is 0. The largest absolute Gasteiger partial charge is 0.350 e. The Morgan fingerprint density at radius 2 is 2.12 bits per heavy atom. The zero-order chi connectivity index (χ0) is 17.3. The van der Waals surface area contributed by atoms with Crippen molar-refractivity contribution in [2.45, 2.75) is 44.2 Å². The molecule has 0 amide bonds. The van der Waals surface area contributed by atoms with Gasteiger partial charge < -0.3 is 10.2 Å². The Bertz CT molecular complexity index is 998. The second kappa shape index (κ2) is 5.47. The molecule has 3 atom stereocenters. The van der Waals surface area contributed by atoms with Crippen molar-refractivity contribution in [2.75, 3.05) is 18.0 Å². The lowest BCUT2D eigenvalue weighted by molar-refractivity contribution is 0.344. The number of anilines is 1. The van der Waals surface area contributed by atoms with E-state index in [4.69, 9.17) is 9.97 Å². The van der Waals surface area contributed by atoms with Gasteiger partial charge in [-0.25, -0.2) is 9.97 Å². The summed E-state index contributed by atoms with van der Waals surface area (Å²) in [5, 5.41) is 5.05. The zero-order valence-corrected chi connectivity index (χ0v) is 15.6. The molecule has 0 bridgehead atoms. The molecule has 0 aromatic carbocycles. The monoisotopic (exact) mass is 363 g/mol. The van der Waals surface area contributed by atoms with Crippen LogP contribution in [0.1, 0.15) is 36.1 Å². The number of nitrogens with one attached hydrogen (secondary N) is 1. The molecule has 3 aromatic rings. The maximum Gasteiger partial charge on any atom is 0.163 e. The highest BCUT2D eigenvalue weighted by molar-refractivity contribution is 7.19. The zero-order valence-electron chi connectivity index (χ0n) is 14.8.